The first kappa shape index (κ1) is 33.9. The molecule has 1 aliphatic carbocycles. The van der Waals surface area contributed by atoms with Gasteiger partial charge < -0.3 is 20.3 Å². The number of fused-ring (bicyclic) bond motifs is 2. The maximum Gasteiger partial charge on any atom is 0.200 e. The van der Waals surface area contributed by atoms with E-state index in [1.165, 1.54) is 5.57 Å². The van der Waals surface area contributed by atoms with Crippen LogP contribution in [0.25, 0.3) is 33.2 Å². The highest BCUT2D eigenvalue weighted by Gasteiger charge is 2.40. The van der Waals surface area contributed by atoms with Crippen molar-refractivity contribution in [2.75, 3.05) is 17.2 Å². The van der Waals surface area contributed by atoms with Gasteiger partial charge in [0.05, 0.1) is 52.4 Å². The summed E-state index contributed by atoms with van der Waals surface area (Å²) in [5, 5.41) is 16.3. The molecule has 1 saturated carbocycles. The van der Waals surface area contributed by atoms with Crippen molar-refractivity contribution in [2.45, 2.75) is 53.4 Å². The van der Waals surface area contributed by atoms with Crippen LogP contribution in [0.4, 0.5) is 17.5 Å². The normalized spacial score (nSPS) is 18.4. The second kappa shape index (κ2) is 14.0. The molecule has 0 aromatic carbocycles. The van der Waals surface area contributed by atoms with Gasteiger partial charge in [-0.15, -0.1) is 11.3 Å². The molecule has 0 bridgehead atoms. The first-order valence-corrected chi connectivity index (χ1v) is 18.5. The van der Waals surface area contributed by atoms with Gasteiger partial charge in [0, 0.05) is 28.9 Å². The molecule has 13 heteroatoms. The second-order valence-electron chi connectivity index (χ2n) is 14.3. The standard InChI is InChI=1S/C39H41BrN12/c1-22(2)26-12-38(50-43-16-26)48-36-8-6-33-35(47-36)15-31(19-42-33)51-21-30(45-24(51)5)11-25-10-28(25)20-52-39(13-27(17-44-52)23(3)4)49-37-9-7-32-34(46-37)14-29(40)18-41-32/h6-9,12-19,21-23,25,28,52H,10-11,20H2,1-5H3,(H,46,49)(H,47,48,50)/t25-,28?/m1/s1. The van der Waals surface area contributed by atoms with Crippen LogP contribution < -0.4 is 15.6 Å². The maximum atomic E-state index is 4.96. The van der Waals surface area contributed by atoms with E-state index in [-0.39, 0.29) is 0 Å². The van der Waals surface area contributed by atoms with Crippen molar-refractivity contribution in [3.05, 3.63) is 118 Å². The van der Waals surface area contributed by atoms with Gasteiger partial charge in [0.2, 0.25) is 0 Å². The van der Waals surface area contributed by atoms with Crippen LogP contribution >= 0.6 is 15.9 Å². The summed E-state index contributed by atoms with van der Waals surface area (Å²) < 4.78 is 3.01. The van der Waals surface area contributed by atoms with Crippen molar-refractivity contribution in [2.24, 2.45) is 17.8 Å². The van der Waals surface area contributed by atoms with Gasteiger partial charge >= 0.3 is 0 Å². The minimum atomic E-state index is 0.358. The Morgan fingerprint density at radius 2 is 1.60 bits per heavy atom. The Balaban J connectivity index is 0.940. The van der Waals surface area contributed by atoms with E-state index >= 15 is 0 Å². The van der Waals surface area contributed by atoms with Gasteiger partial charge in [-0.2, -0.15) is 5.10 Å². The molecule has 0 amide bonds. The van der Waals surface area contributed by atoms with Gasteiger partial charge in [-0.1, -0.05) is 33.3 Å². The summed E-state index contributed by atoms with van der Waals surface area (Å²) in [4.78, 5) is 23.8. The SMILES string of the molecule is Cc1nc(C[C@H]2CC2C[NH+]2[N-]C=C(C(C)C)C=C2Nc2ccc3ncc(Br)cc3n2)cn1-c1cnc2ccc(Nc3cc(C(C)C)cnn3)nc2c1. The van der Waals surface area contributed by atoms with Gasteiger partial charge in [0.25, 0.3) is 0 Å². The number of hydrogen-bond acceptors (Lipinski definition) is 9. The Kier molecular flexibility index (Phi) is 9.14. The lowest BCUT2D eigenvalue weighted by atomic mass is 10.0. The Morgan fingerprint density at radius 3 is 2.37 bits per heavy atom. The number of quaternary nitrogens is 1. The average molecular weight is 758 g/mol. The minimum absolute atomic E-state index is 0.358. The molecule has 2 aliphatic rings. The third-order valence-electron chi connectivity index (χ3n) is 9.75. The zero-order chi connectivity index (χ0) is 35.9. The molecule has 6 aromatic rings. The third kappa shape index (κ3) is 7.37. The molecule has 0 spiro atoms. The Morgan fingerprint density at radius 1 is 0.846 bits per heavy atom. The Labute approximate surface area is 311 Å². The monoisotopic (exact) mass is 756 g/mol. The van der Waals surface area contributed by atoms with E-state index < -0.39 is 0 Å². The lowest BCUT2D eigenvalue weighted by Gasteiger charge is -2.36. The number of allylic oxidation sites excluding steroid dienone is 2. The highest BCUT2D eigenvalue weighted by molar-refractivity contribution is 9.10. The number of pyridine rings is 4. The predicted molar refractivity (Wildman–Crippen MR) is 207 cm³/mol. The lowest BCUT2D eigenvalue weighted by Crippen LogP contribution is -3.07. The summed E-state index contributed by atoms with van der Waals surface area (Å²) >= 11 is 3.52. The number of nitrogens with zero attached hydrogens (tertiary/aromatic N) is 9. The number of anilines is 3. The molecule has 1 fully saturated rings. The van der Waals surface area contributed by atoms with Gasteiger partial charge in [-0.05, 0) is 101 Å². The van der Waals surface area contributed by atoms with Crippen LogP contribution in [-0.4, -0.2) is 46.2 Å². The number of nitrogens with one attached hydrogen (secondary N) is 3. The summed E-state index contributed by atoms with van der Waals surface area (Å²) in [5.41, 5.74) is 12.6. The van der Waals surface area contributed by atoms with Crippen molar-refractivity contribution >= 4 is 55.5 Å². The van der Waals surface area contributed by atoms with Crippen molar-refractivity contribution < 1.29 is 5.01 Å². The third-order valence-corrected chi connectivity index (χ3v) is 10.2. The van der Waals surface area contributed by atoms with E-state index in [9.17, 15) is 0 Å². The number of hydrogen-bond donors (Lipinski definition) is 3. The van der Waals surface area contributed by atoms with Gasteiger partial charge in [0.15, 0.2) is 11.6 Å². The zero-order valence-corrected chi connectivity index (χ0v) is 31.4. The molecule has 0 saturated heterocycles. The summed E-state index contributed by atoms with van der Waals surface area (Å²) in [6.07, 6.45) is 13.9. The van der Waals surface area contributed by atoms with Crippen LogP contribution in [0, 0.1) is 24.7 Å². The average Bonchev–Trinajstić information content (AvgIpc) is 3.75. The van der Waals surface area contributed by atoms with E-state index in [2.05, 4.69) is 92.3 Å². The molecule has 7 heterocycles. The largest absolute Gasteiger partial charge is 0.489 e. The number of aryl methyl sites for hydroxylation is 1. The number of rotatable bonds is 11. The van der Waals surface area contributed by atoms with E-state index in [0.717, 1.165) is 85.3 Å². The quantitative estimate of drug-likeness (QED) is 0.124. The molecule has 12 nitrogen and oxygen atoms in total. The van der Waals surface area contributed by atoms with Crippen molar-refractivity contribution in [1.82, 2.24) is 39.7 Å². The van der Waals surface area contributed by atoms with Crippen LogP contribution in [0.5, 0.6) is 0 Å². The molecule has 1 aliphatic heterocycles. The molecular formula is C39H41BrN12. The highest BCUT2D eigenvalue weighted by atomic mass is 79.9. The fraction of sp³-hybridized carbons (Fsp3) is 0.308. The molecule has 2 unspecified atom stereocenters. The summed E-state index contributed by atoms with van der Waals surface area (Å²) in [6.45, 7) is 11.6. The van der Waals surface area contributed by atoms with Gasteiger partial charge in [-0.3, -0.25) is 15.3 Å². The van der Waals surface area contributed by atoms with Crippen LogP contribution in [0.3, 0.4) is 0 Å². The first-order chi connectivity index (χ1) is 25.1. The second-order valence-corrected chi connectivity index (χ2v) is 15.2. The smallest absolute Gasteiger partial charge is 0.200 e. The number of aromatic nitrogens is 8. The van der Waals surface area contributed by atoms with Crippen LogP contribution in [0.2, 0.25) is 0 Å². The van der Waals surface area contributed by atoms with Crippen LogP contribution in [0.1, 0.15) is 57.1 Å². The Bertz CT molecular complexity index is 2350. The molecular weight excluding hydrogens is 716 g/mol. The molecule has 52 heavy (non-hydrogen) atoms. The molecule has 3 atom stereocenters. The van der Waals surface area contributed by atoms with Gasteiger partial charge in [0.1, 0.15) is 17.5 Å². The molecule has 8 rings (SSSR count). The minimum Gasteiger partial charge on any atom is -0.489 e. The number of halogens is 1. The van der Waals surface area contributed by atoms with Gasteiger partial charge in [-0.25, -0.2) is 15.0 Å². The topological polar surface area (TPSA) is 138 Å². The summed E-state index contributed by atoms with van der Waals surface area (Å²) in [7, 11) is 0. The highest BCUT2D eigenvalue weighted by Crippen LogP contribution is 2.40. The fourth-order valence-electron chi connectivity index (χ4n) is 6.59. The van der Waals surface area contributed by atoms with E-state index in [4.69, 9.17) is 25.4 Å². The molecule has 264 valence electrons. The van der Waals surface area contributed by atoms with E-state index in [0.29, 0.717) is 35.3 Å². The zero-order valence-electron chi connectivity index (χ0n) is 29.8. The Hall–Kier alpha value is -5.27. The molecule has 6 aromatic heterocycles. The van der Waals surface area contributed by atoms with Crippen LogP contribution in [0.15, 0.2) is 95.4 Å². The summed E-state index contributed by atoms with van der Waals surface area (Å²) in [6, 6.07) is 13.9. The van der Waals surface area contributed by atoms with E-state index in [1.54, 1.807) is 12.4 Å². The van der Waals surface area contributed by atoms with Crippen molar-refractivity contribution in [3.63, 3.8) is 0 Å². The predicted octanol–water partition coefficient (Wildman–Crippen LogP) is 7.35. The molecule has 0 radical (unpaired) electrons. The van der Waals surface area contributed by atoms with Crippen LogP contribution in [-0.2, 0) is 6.42 Å². The molecule has 3 N–H and O–H groups in total. The first-order valence-electron chi connectivity index (χ1n) is 17.7. The lowest BCUT2D eigenvalue weighted by molar-refractivity contribution is -0.820. The maximum absolute atomic E-state index is 4.96. The van der Waals surface area contributed by atoms with E-state index in [1.807, 2.05) is 55.7 Å². The fourth-order valence-corrected chi connectivity index (χ4v) is 6.91. The number of imidazole rings is 1. The van der Waals surface area contributed by atoms with Crippen molar-refractivity contribution in [1.29, 1.82) is 0 Å². The van der Waals surface area contributed by atoms with Crippen molar-refractivity contribution in [3.8, 4) is 5.69 Å². The summed E-state index contributed by atoms with van der Waals surface area (Å²) in [5.74, 6) is 5.88.